The number of alkyl halides is 3. The van der Waals surface area contributed by atoms with Crippen molar-refractivity contribution < 1.29 is 21.6 Å². The van der Waals surface area contributed by atoms with Crippen LogP contribution in [-0.2, 0) is 9.84 Å². The van der Waals surface area contributed by atoms with Crippen molar-refractivity contribution in [3.05, 3.63) is 76.8 Å². The Balaban J connectivity index is 2.14. The van der Waals surface area contributed by atoms with Crippen molar-refractivity contribution in [3.63, 3.8) is 0 Å². The van der Waals surface area contributed by atoms with Crippen LogP contribution in [0.5, 0.6) is 0 Å². The van der Waals surface area contributed by atoms with E-state index in [0.717, 1.165) is 13.2 Å². The molecule has 0 amide bonds. The van der Waals surface area contributed by atoms with E-state index >= 15 is 0 Å². The summed E-state index contributed by atoms with van der Waals surface area (Å²) in [5.74, 6) is 0. The molecule has 1 unspecified atom stereocenters. The van der Waals surface area contributed by atoms with Gasteiger partial charge in [-0.3, -0.25) is 0 Å². The van der Waals surface area contributed by atoms with Gasteiger partial charge in [0.2, 0.25) is 0 Å². The van der Waals surface area contributed by atoms with E-state index in [1.165, 1.54) is 36.4 Å². The van der Waals surface area contributed by atoms with Crippen LogP contribution < -0.4 is 0 Å². The quantitative estimate of drug-likeness (QED) is 0.639. The predicted molar refractivity (Wildman–Crippen MR) is 101 cm³/mol. The lowest BCUT2D eigenvalue weighted by Crippen LogP contribution is -2.30. The zero-order valence-electron chi connectivity index (χ0n) is 14.5. The van der Waals surface area contributed by atoms with Gasteiger partial charge >= 0.3 is 6.18 Å². The monoisotopic (exact) mass is 412 g/mol. The molecule has 0 spiro atoms. The van der Waals surface area contributed by atoms with Gasteiger partial charge in [0.25, 0.3) is 0 Å². The predicted octanol–water partition coefficient (Wildman–Crippen LogP) is 5.79. The van der Waals surface area contributed by atoms with Gasteiger partial charge in [-0.25, -0.2) is 8.42 Å². The fraction of sp³-hybridized carbons (Fsp3) is 0.200. The van der Waals surface area contributed by atoms with Crippen LogP contribution in [0.1, 0.15) is 18.1 Å². The molecule has 142 valence electrons. The van der Waals surface area contributed by atoms with Gasteiger partial charge in [-0.2, -0.15) is 13.2 Å². The minimum atomic E-state index is -4.46. The maximum atomic E-state index is 13.6. The van der Waals surface area contributed by atoms with Gasteiger partial charge in [0.1, 0.15) is 5.41 Å². The average Bonchev–Trinajstić information content (AvgIpc) is 2.94. The summed E-state index contributed by atoms with van der Waals surface area (Å²) in [5.41, 5.74) is -0.175. The summed E-state index contributed by atoms with van der Waals surface area (Å²) in [6.45, 7) is 1.11. The van der Waals surface area contributed by atoms with Crippen LogP contribution in [0.3, 0.4) is 0 Å². The first-order valence-corrected chi connectivity index (χ1v) is 10.3. The minimum Gasteiger partial charge on any atom is -0.224 e. The highest BCUT2D eigenvalue weighted by atomic mass is 35.5. The van der Waals surface area contributed by atoms with Crippen molar-refractivity contribution in [2.75, 3.05) is 6.26 Å². The molecule has 0 heterocycles. The van der Waals surface area contributed by atoms with E-state index in [-0.39, 0.29) is 4.90 Å². The summed E-state index contributed by atoms with van der Waals surface area (Å²) in [4.78, 5) is 0.112. The second-order valence-corrected chi connectivity index (χ2v) is 9.15. The number of allylic oxidation sites excluding steroid dienone is 4. The number of halogens is 4. The Morgan fingerprint density at radius 3 is 1.63 bits per heavy atom. The van der Waals surface area contributed by atoms with Gasteiger partial charge in [-0.05, 0) is 53.5 Å². The lowest BCUT2D eigenvalue weighted by Gasteiger charge is -2.23. The molecular weight excluding hydrogens is 397 g/mol. The first kappa shape index (κ1) is 19.7. The minimum absolute atomic E-state index is 0.112. The van der Waals surface area contributed by atoms with E-state index in [4.69, 9.17) is 11.6 Å². The Labute approximate surface area is 160 Å². The maximum Gasteiger partial charge on any atom is 0.401 e. The number of rotatable bonds is 3. The lowest BCUT2D eigenvalue weighted by atomic mass is 9.91. The fourth-order valence-electron chi connectivity index (χ4n) is 2.95. The molecule has 0 N–H and O–H groups in total. The molecule has 1 aliphatic carbocycles. The Morgan fingerprint density at radius 1 is 0.852 bits per heavy atom. The highest BCUT2D eigenvalue weighted by Gasteiger charge is 2.51. The van der Waals surface area contributed by atoms with Crippen LogP contribution in [0, 0.1) is 5.41 Å². The molecule has 0 saturated heterocycles. The molecule has 7 heteroatoms. The summed E-state index contributed by atoms with van der Waals surface area (Å²) in [5, 5.41) is 0.485. The van der Waals surface area contributed by atoms with E-state index in [9.17, 15) is 21.6 Å². The molecule has 2 nitrogen and oxygen atoms in total. The van der Waals surface area contributed by atoms with Crippen LogP contribution in [0.25, 0.3) is 11.1 Å². The van der Waals surface area contributed by atoms with E-state index < -0.39 is 21.4 Å². The first-order chi connectivity index (χ1) is 12.4. The molecule has 0 bridgehead atoms. The summed E-state index contributed by atoms with van der Waals surface area (Å²) in [6.07, 6.45) is -1.02. The van der Waals surface area contributed by atoms with Gasteiger partial charge in [0.05, 0.1) is 4.90 Å². The smallest absolute Gasteiger partial charge is 0.224 e. The van der Waals surface area contributed by atoms with Crippen molar-refractivity contribution in [2.45, 2.75) is 18.0 Å². The van der Waals surface area contributed by atoms with Crippen LogP contribution in [-0.4, -0.2) is 20.8 Å². The van der Waals surface area contributed by atoms with Gasteiger partial charge in [0, 0.05) is 11.3 Å². The second kappa shape index (κ2) is 6.53. The number of hydrogen-bond acceptors (Lipinski definition) is 2. The highest BCUT2D eigenvalue weighted by Crippen LogP contribution is 2.51. The summed E-state index contributed by atoms with van der Waals surface area (Å²) >= 11 is 5.89. The molecule has 0 saturated carbocycles. The van der Waals surface area contributed by atoms with E-state index in [0.29, 0.717) is 27.3 Å². The number of hydrogen-bond donors (Lipinski definition) is 0. The molecule has 0 aromatic heterocycles. The second-order valence-electron chi connectivity index (χ2n) is 6.70. The van der Waals surface area contributed by atoms with Crippen molar-refractivity contribution in [1.29, 1.82) is 0 Å². The van der Waals surface area contributed by atoms with E-state index in [1.54, 1.807) is 24.3 Å². The molecule has 1 atom stereocenters. The zero-order chi connectivity index (χ0) is 20.0. The van der Waals surface area contributed by atoms with Gasteiger partial charge < -0.3 is 0 Å². The summed E-state index contributed by atoms with van der Waals surface area (Å²) < 4.78 is 64.1. The molecule has 0 aliphatic heterocycles. The van der Waals surface area contributed by atoms with Crippen LogP contribution in [0.2, 0.25) is 5.02 Å². The van der Waals surface area contributed by atoms with Crippen LogP contribution in [0.4, 0.5) is 13.2 Å². The standard InChI is InChI=1S/C20H16ClF3O2S/c1-19(20(22,23)24)11-17(13-3-7-15(21)8-4-13)18(12-19)14-5-9-16(10-6-14)27(2,25)26/h3-12H,1-2H3. The van der Waals surface area contributed by atoms with Gasteiger partial charge in [0.15, 0.2) is 9.84 Å². The normalized spacial score (nSPS) is 20.4. The molecule has 2 aromatic rings. The van der Waals surface area contributed by atoms with E-state index in [2.05, 4.69) is 0 Å². The van der Waals surface area contributed by atoms with Crippen molar-refractivity contribution in [3.8, 4) is 0 Å². The third-order valence-electron chi connectivity index (χ3n) is 4.54. The molecule has 0 fully saturated rings. The van der Waals surface area contributed by atoms with Crippen LogP contribution >= 0.6 is 11.6 Å². The van der Waals surface area contributed by atoms with Crippen LogP contribution in [0.15, 0.2) is 65.6 Å². The number of benzene rings is 2. The summed E-state index contributed by atoms with van der Waals surface area (Å²) in [6, 6.07) is 12.4. The largest absolute Gasteiger partial charge is 0.401 e. The van der Waals surface area contributed by atoms with Crippen molar-refractivity contribution in [1.82, 2.24) is 0 Å². The van der Waals surface area contributed by atoms with Gasteiger partial charge in [-0.15, -0.1) is 0 Å². The van der Waals surface area contributed by atoms with E-state index in [1.807, 2.05) is 0 Å². The first-order valence-electron chi connectivity index (χ1n) is 8.00. The Kier molecular flexibility index (Phi) is 4.77. The molecule has 1 aliphatic rings. The highest BCUT2D eigenvalue weighted by molar-refractivity contribution is 7.90. The third-order valence-corrected chi connectivity index (χ3v) is 5.92. The fourth-order valence-corrected chi connectivity index (χ4v) is 3.71. The number of sulfone groups is 1. The van der Waals surface area contributed by atoms with Crippen molar-refractivity contribution >= 4 is 32.6 Å². The SMILES string of the molecule is CC1(C(F)(F)F)C=C(c2ccc(Cl)cc2)C(c2ccc(S(C)(=O)=O)cc2)=C1. The average molecular weight is 413 g/mol. The Hall–Kier alpha value is -2.05. The molecule has 3 rings (SSSR count). The maximum absolute atomic E-state index is 13.6. The molecule has 27 heavy (non-hydrogen) atoms. The summed E-state index contributed by atoms with van der Waals surface area (Å²) in [7, 11) is -3.39. The Bertz CT molecular complexity index is 1030. The molecule has 2 aromatic carbocycles. The third kappa shape index (κ3) is 3.82. The van der Waals surface area contributed by atoms with Gasteiger partial charge in [-0.1, -0.05) is 48.0 Å². The molecule has 0 radical (unpaired) electrons. The Morgan fingerprint density at radius 2 is 1.26 bits per heavy atom. The zero-order valence-corrected chi connectivity index (χ0v) is 16.1. The lowest BCUT2D eigenvalue weighted by molar-refractivity contribution is -0.182. The topological polar surface area (TPSA) is 34.1 Å². The van der Waals surface area contributed by atoms with Crippen molar-refractivity contribution in [2.24, 2.45) is 5.41 Å². The molecular formula is C20H16ClF3O2S.